The molecular weight excluding hydrogens is 280 g/mol. The molecule has 0 spiro atoms. The lowest BCUT2D eigenvalue weighted by Gasteiger charge is -2.22. The van der Waals surface area contributed by atoms with Crippen LogP contribution in [0.15, 0.2) is 36.4 Å². The molecule has 0 unspecified atom stereocenters. The minimum Gasteiger partial charge on any atom is -0.507 e. The number of aromatic hydroxyl groups is 2. The SMILES string of the molecule is CCN(CC)c1cc(N)c(C(=O)c2ccccc2O)c(O)c1. The van der Waals surface area contributed by atoms with Crippen LogP contribution in [0.3, 0.4) is 0 Å². The largest absolute Gasteiger partial charge is 0.507 e. The van der Waals surface area contributed by atoms with E-state index in [-0.39, 0.29) is 28.3 Å². The van der Waals surface area contributed by atoms with Crippen molar-refractivity contribution in [3.05, 3.63) is 47.5 Å². The number of nitrogens with zero attached hydrogens (tertiary/aromatic N) is 1. The van der Waals surface area contributed by atoms with Gasteiger partial charge < -0.3 is 20.8 Å². The summed E-state index contributed by atoms with van der Waals surface area (Å²) in [6.07, 6.45) is 0. The van der Waals surface area contributed by atoms with Gasteiger partial charge in [0.05, 0.1) is 11.1 Å². The molecule has 0 aliphatic heterocycles. The predicted octanol–water partition coefficient (Wildman–Crippen LogP) is 2.76. The van der Waals surface area contributed by atoms with E-state index in [2.05, 4.69) is 0 Å². The standard InChI is InChI=1S/C17H20N2O3/c1-3-19(4-2)11-9-13(18)16(15(21)10-11)17(22)12-7-5-6-8-14(12)20/h5-10,20-21H,3-4,18H2,1-2H3. The normalized spacial score (nSPS) is 10.5. The number of hydrogen-bond donors (Lipinski definition) is 3. The molecule has 0 heterocycles. The maximum atomic E-state index is 12.5. The van der Waals surface area contributed by atoms with Crippen molar-refractivity contribution in [1.82, 2.24) is 0 Å². The first-order valence-electron chi connectivity index (χ1n) is 7.19. The van der Waals surface area contributed by atoms with E-state index >= 15 is 0 Å². The van der Waals surface area contributed by atoms with Crippen molar-refractivity contribution in [2.75, 3.05) is 23.7 Å². The summed E-state index contributed by atoms with van der Waals surface area (Å²) in [5.41, 5.74) is 7.04. The van der Waals surface area contributed by atoms with Gasteiger partial charge in [-0.15, -0.1) is 0 Å². The fourth-order valence-electron chi connectivity index (χ4n) is 2.45. The summed E-state index contributed by atoms with van der Waals surface area (Å²) in [7, 11) is 0. The molecule has 0 aliphatic rings. The first-order valence-corrected chi connectivity index (χ1v) is 7.19. The molecule has 0 aromatic heterocycles. The summed E-state index contributed by atoms with van der Waals surface area (Å²) in [5.74, 6) is -0.825. The number of phenols is 2. The number of carbonyl (C=O) groups excluding carboxylic acids is 1. The maximum absolute atomic E-state index is 12.5. The van der Waals surface area contributed by atoms with Gasteiger partial charge in [-0.25, -0.2) is 0 Å². The van der Waals surface area contributed by atoms with Gasteiger partial charge >= 0.3 is 0 Å². The summed E-state index contributed by atoms with van der Waals surface area (Å²) < 4.78 is 0. The first-order chi connectivity index (χ1) is 10.5. The van der Waals surface area contributed by atoms with E-state index in [0.717, 1.165) is 18.8 Å². The van der Waals surface area contributed by atoms with Crippen LogP contribution in [0.1, 0.15) is 29.8 Å². The zero-order valence-electron chi connectivity index (χ0n) is 12.7. The molecule has 0 saturated heterocycles. The van der Waals surface area contributed by atoms with E-state index < -0.39 is 5.78 Å². The highest BCUT2D eigenvalue weighted by molar-refractivity contribution is 6.15. The van der Waals surface area contributed by atoms with Crippen molar-refractivity contribution in [2.45, 2.75) is 13.8 Å². The van der Waals surface area contributed by atoms with Gasteiger partial charge in [0, 0.05) is 30.5 Å². The Kier molecular flexibility index (Phi) is 4.56. The Morgan fingerprint density at radius 2 is 1.73 bits per heavy atom. The van der Waals surface area contributed by atoms with Crippen LogP contribution in [-0.2, 0) is 0 Å². The number of para-hydroxylation sites is 1. The van der Waals surface area contributed by atoms with Crippen molar-refractivity contribution in [2.24, 2.45) is 0 Å². The Balaban J connectivity index is 2.49. The molecule has 0 saturated carbocycles. The molecule has 0 atom stereocenters. The molecule has 0 fully saturated rings. The van der Waals surface area contributed by atoms with Gasteiger partial charge in [-0.2, -0.15) is 0 Å². The van der Waals surface area contributed by atoms with Crippen molar-refractivity contribution in [3.63, 3.8) is 0 Å². The average Bonchev–Trinajstić information content (AvgIpc) is 2.48. The van der Waals surface area contributed by atoms with Crippen molar-refractivity contribution in [3.8, 4) is 11.5 Å². The molecular formula is C17H20N2O3. The smallest absolute Gasteiger partial charge is 0.202 e. The summed E-state index contributed by atoms with van der Waals surface area (Å²) in [6.45, 7) is 5.53. The number of ketones is 1. The number of rotatable bonds is 5. The molecule has 4 N–H and O–H groups in total. The highest BCUT2D eigenvalue weighted by Crippen LogP contribution is 2.33. The third kappa shape index (κ3) is 2.83. The molecule has 2 rings (SSSR count). The number of nitrogen functional groups attached to an aromatic ring is 1. The Bertz CT molecular complexity index is 671. The molecule has 0 amide bonds. The third-order valence-corrected chi connectivity index (χ3v) is 3.64. The van der Waals surface area contributed by atoms with Gasteiger partial charge in [0.2, 0.25) is 5.78 Å². The Hall–Kier alpha value is -2.69. The first kappa shape index (κ1) is 15.7. The van der Waals surface area contributed by atoms with Gasteiger partial charge in [0.15, 0.2) is 0 Å². The van der Waals surface area contributed by atoms with Crippen molar-refractivity contribution in [1.29, 1.82) is 0 Å². The predicted molar refractivity (Wildman–Crippen MR) is 87.6 cm³/mol. The second-order valence-corrected chi connectivity index (χ2v) is 4.95. The van der Waals surface area contributed by atoms with Crippen LogP contribution < -0.4 is 10.6 Å². The van der Waals surface area contributed by atoms with Gasteiger partial charge in [-0.3, -0.25) is 4.79 Å². The van der Waals surface area contributed by atoms with Crippen molar-refractivity contribution < 1.29 is 15.0 Å². The van der Waals surface area contributed by atoms with E-state index in [1.807, 2.05) is 18.7 Å². The quantitative estimate of drug-likeness (QED) is 0.584. The lowest BCUT2D eigenvalue weighted by Crippen LogP contribution is -2.22. The summed E-state index contributed by atoms with van der Waals surface area (Å²) in [5, 5.41) is 20.0. The number of hydrogen-bond acceptors (Lipinski definition) is 5. The molecule has 22 heavy (non-hydrogen) atoms. The van der Waals surface area contributed by atoms with Crippen LogP contribution in [0.2, 0.25) is 0 Å². The number of anilines is 2. The lowest BCUT2D eigenvalue weighted by molar-refractivity contribution is 0.103. The van der Waals surface area contributed by atoms with Gasteiger partial charge in [-0.05, 0) is 32.0 Å². The molecule has 0 bridgehead atoms. The second kappa shape index (κ2) is 6.39. The van der Waals surface area contributed by atoms with Crippen LogP contribution in [0.4, 0.5) is 11.4 Å². The van der Waals surface area contributed by atoms with Crippen LogP contribution in [0.25, 0.3) is 0 Å². The lowest BCUT2D eigenvalue weighted by atomic mass is 9.99. The minimum atomic E-state index is -0.501. The maximum Gasteiger partial charge on any atom is 0.202 e. The fourth-order valence-corrected chi connectivity index (χ4v) is 2.45. The third-order valence-electron chi connectivity index (χ3n) is 3.64. The van der Waals surface area contributed by atoms with E-state index in [1.165, 1.54) is 18.2 Å². The Labute approximate surface area is 129 Å². The molecule has 2 aromatic carbocycles. The van der Waals surface area contributed by atoms with Gasteiger partial charge in [0.1, 0.15) is 11.5 Å². The van der Waals surface area contributed by atoms with Crippen molar-refractivity contribution >= 4 is 17.2 Å². The molecule has 5 heteroatoms. The zero-order chi connectivity index (χ0) is 16.3. The van der Waals surface area contributed by atoms with Crippen LogP contribution in [0.5, 0.6) is 11.5 Å². The second-order valence-electron chi connectivity index (χ2n) is 4.95. The summed E-state index contributed by atoms with van der Waals surface area (Å²) in [4.78, 5) is 14.5. The summed E-state index contributed by atoms with van der Waals surface area (Å²) in [6, 6.07) is 9.37. The summed E-state index contributed by atoms with van der Waals surface area (Å²) >= 11 is 0. The molecule has 0 radical (unpaired) electrons. The van der Waals surface area contributed by atoms with Gasteiger partial charge in [-0.1, -0.05) is 12.1 Å². The number of benzene rings is 2. The average molecular weight is 300 g/mol. The van der Waals surface area contributed by atoms with E-state index in [4.69, 9.17) is 5.73 Å². The van der Waals surface area contributed by atoms with Crippen LogP contribution >= 0.6 is 0 Å². The van der Waals surface area contributed by atoms with E-state index in [9.17, 15) is 15.0 Å². The number of nitrogens with two attached hydrogens (primary N) is 1. The monoisotopic (exact) mass is 300 g/mol. The highest BCUT2D eigenvalue weighted by Gasteiger charge is 2.21. The van der Waals surface area contributed by atoms with Crippen LogP contribution in [0, 0.1) is 0 Å². The molecule has 2 aromatic rings. The highest BCUT2D eigenvalue weighted by atomic mass is 16.3. The van der Waals surface area contributed by atoms with E-state index in [1.54, 1.807) is 18.2 Å². The molecule has 5 nitrogen and oxygen atoms in total. The number of phenolic OH excluding ortho intramolecular Hbond substituents is 2. The van der Waals surface area contributed by atoms with E-state index in [0.29, 0.717) is 0 Å². The zero-order valence-corrected chi connectivity index (χ0v) is 12.7. The Morgan fingerprint density at radius 3 is 2.27 bits per heavy atom. The Morgan fingerprint density at radius 1 is 1.09 bits per heavy atom. The molecule has 116 valence electrons. The fraction of sp³-hybridized carbons (Fsp3) is 0.235. The minimum absolute atomic E-state index is 0.0115. The topological polar surface area (TPSA) is 86.8 Å². The number of carbonyl (C=O) groups is 1. The van der Waals surface area contributed by atoms with Gasteiger partial charge in [0.25, 0.3) is 0 Å². The molecule has 0 aliphatic carbocycles. The van der Waals surface area contributed by atoms with Crippen LogP contribution in [-0.4, -0.2) is 29.1 Å².